The standard InChI is InChI=1S/C14H19N3O2/c1-3-7-17(8-4-2)14(18)12-10-11(15-16-12)13-6-5-9-19-13/h5-6,9-10H,3-4,7-8H2,1-2H3,(H,15,16). The van der Waals surface area contributed by atoms with Gasteiger partial charge in [0.1, 0.15) is 5.69 Å². The smallest absolute Gasteiger partial charge is 0.274 e. The predicted octanol–water partition coefficient (Wildman–Crippen LogP) is 2.93. The van der Waals surface area contributed by atoms with E-state index in [0.717, 1.165) is 31.6 Å². The summed E-state index contributed by atoms with van der Waals surface area (Å²) in [6.45, 7) is 5.65. The summed E-state index contributed by atoms with van der Waals surface area (Å²) < 4.78 is 5.27. The van der Waals surface area contributed by atoms with Crippen LogP contribution in [0.5, 0.6) is 0 Å². The Labute approximate surface area is 112 Å². The number of amides is 1. The van der Waals surface area contributed by atoms with Crippen LogP contribution >= 0.6 is 0 Å². The molecule has 2 rings (SSSR count). The van der Waals surface area contributed by atoms with Crippen molar-refractivity contribution in [2.45, 2.75) is 26.7 Å². The molecule has 0 bridgehead atoms. The molecule has 1 amide bonds. The van der Waals surface area contributed by atoms with Gasteiger partial charge in [-0.2, -0.15) is 5.10 Å². The SMILES string of the molecule is CCCN(CCC)C(=O)c1cc(-c2ccco2)[nH]n1. The Bertz CT molecular complexity index is 511. The van der Waals surface area contributed by atoms with E-state index in [9.17, 15) is 4.79 Å². The Morgan fingerprint density at radius 3 is 2.68 bits per heavy atom. The molecular formula is C14H19N3O2. The first-order valence-electron chi connectivity index (χ1n) is 6.64. The van der Waals surface area contributed by atoms with Gasteiger partial charge in [-0.25, -0.2) is 0 Å². The quantitative estimate of drug-likeness (QED) is 0.869. The third-order valence-corrected chi connectivity index (χ3v) is 2.86. The Morgan fingerprint density at radius 2 is 2.11 bits per heavy atom. The molecule has 0 atom stereocenters. The van der Waals surface area contributed by atoms with Gasteiger partial charge in [-0.3, -0.25) is 9.89 Å². The van der Waals surface area contributed by atoms with Crippen LogP contribution < -0.4 is 0 Å². The van der Waals surface area contributed by atoms with Crippen molar-refractivity contribution in [3.8, 4) is 11.5 Å². The van der Waals surface area contributed by atoms with E-state index in [0.29, 0.717) is 11.5 Å². The molecule has 0 aliphatic carbocycles. The summed E-state index contributed by atoms with van der Waals surface area (Å²) in [6.07, 6.45) is 3.49. The van der Waals surface area contributed by atoms with Crippen molar-refractivity contribution in [2.75, 3.05) is 13.1 Å². The van der Waals surface area contributed by atoms with Crippen LogP contribution in [0.25, 0.3) is 11.5 Å². The van der Waals surface area contributed by atoms with E-state index < -0.39 is 0 Å². The van der Waals surface area contributed by atoms with E-state index in [1.165, 1.54) is 0 Å². The second-order valence-corrected chi connectivity index (χ2v) is 4.44. The van der Waals surface area contributed by atoms with E-state index in [4.69, 9.17) is 4.42 Å². The molecule has 5 nitrogen and oxygen atoms in total. The minimum absolute atomic E-state index is 0.0299. The van der Waals surface area contributed by atoms with Crippen LogP contribution in [0.1, 0.15) is 37.2 Å². The molecule has 19 heavy (non-hydrogen) atoms. The Kier molecular flexibility index (Phi) is 4.39. The molecule has 5 heteroatoms. The van der Waals surface area contributed by atoms with Gasteiger partial charge >= 0.3 is 0 Å². The number of hydrogen-bond acceptors (Lipinski definition) is 3. The first kappa shape index (κ1) is 13.4. The first-order chi connectivity index (χ1) is 9.26. The number of rotatable bonds is 6. The zero-order valence-electron chi connectivity index (χ0n) is 11.3. The highest BCUT2D eigenvalue weighted by Gasteiger charge is 2.18. The largest absolute Gasteiger partial charge is 0.463 e. The summed E-state index contributed by atoms with van der Waals surface area (Å²) in [5, 5.41) is 6.92. The Hall–Kier alpha value is -2.04. The number of hydrogen-bond donors (Lipinski definition) is 1. The molecule has 1 N–H and O–H groups in total. The number of aromatic nitrogens is 2. The average molecular weight is 261 g/mol. The maximum absolute atomic E-state index is 12.3. The highest BCUT2D eigenvalue weighted by atomic mass is 16.3. The summed E-state index contributed by atoms with van der Waals surface area (Å²) in [4.78, 5) is 14.2. The summed E-state index contributed by atoms with van der Waals surface area (Å²) in [6, 6.07) is 5.37. The second kappa shape index (κ2) is 6.22. The minimum Gasteiger partial charge on any atom is -0.463 e. The fourth-order valence-electron chi connectivity index (χ4n) is 2.01. The van der Waals surface area contributed by atoms with Crippen LogP contribution in [-0.2, 0) is 0 Å². The van der Waals surface area contributed by atoms with Gasteiger partial charge in [-0.1, -0.05) is 13.8 Å². The highest BCUT2D eigenvalue weighted by Crippen LogP contribution is 2.18. The average Bonchev–Trinajstić information content (AvgIpc) is 3.08. The summed E-state index contributed by atoms with van der Waals surface area (Å²) >= 11 is 0. The minimum atomic E-state index is -0.0299. The lowest BCUT2D eigenvalue weighted by atomic mass is 10.2. The second-order valence-electron chi connectivity index (χ2n) is 4.44. The van der Waals surface area contributed by atoms with Gasteiger partial charge in [0.25, 0.3) is 5.91 Å². The van der Waals surface area contributed by atoms with Crippen molar-refractivity contribution in [1.82, 2.24) is 15.1 Å². The Morgan fingerprint density at radius 1 is 1.37 bits per heavy atom. The molecular weight excluding hydrogens is 242 g/mol. The molecule has 2 heterocycles. The van der Waals surface area contributed by atoms with E-state index >= 15 is 0 Å². The van der Waals surface area contributed by atoms with Crippen LogP contribution in [0.2, 0.25) is 0 Å². The van der Waals surface area contributed by atoms with Gasteiger partial charge in [-0.05, 0) is 25.0 Å². The molecule has 0 saturated carbocycles. The molecule has 0 aromatic carbocycles. The molecule has 102 valence electrons. The molecule has 0 aliphatic rings. The monoisotopic (exact) mass is 261 g/mol. The normalized spacial score (nSPS) is 10.6. The topological polar surface area (TPSA) is 62.1 Å². The van der Waals surface area contributed by atoms with Gasteiger partial charge in [0.2, 0.25) is 0 Å². The third-order valence-electron chi connectivity index (χ3n) is 2.86. The maximum atomic E-state index is 12.3. The maximum Gasteiger partial charge on any atom is 0.274 e. The zero-order chi connectivity index (χ0) is 13.7. The van der Waals surface area contributed by atoms with Crippen molar-refractivity contribution in [3.05, 3.63) is 30.2 Å². The van der Waals surface area contributed by atoms with Crippen molar-refractivity contribution >= 4 is 5.91 Å². The number of aromatic amines is 1. The van der Waals surface area contributed by atoms with E-state index in [-0.39, 0.29) is 5.91 Å². The molecule has 2 aromatic rings. The van der Waals surface area contributed by atoms with Crippen molar-refractivity contribution < 1.29 is 9.21 Å². The van der Waals surface area contributed by atoms with Crippen LogP contribution in [-0.4, -0.2) is 34.1 Å². The number of furan rings is 1. The van der Waals surface area contributed by atoms with Gasteiger partial charge in [0.15, 0.2) is 11.5 Å². The van der Waals surface area contributed by atoms with Crippen molar-refractivity contribution in [2.24, 2.45) is 0 Å². The molecule has 0 radical (unpaired) electrons. The first-order valence-corrected chi connectivity index (χ1v) is 6.64. The molecule has 0 aliphatic heterocycles. The number of nitrogens with one attached hydrogen (secondary N) is 1. The number of H-pyrrole nitrogens is 1. The Balaban J connectivity index is 2.14. The van der Waals surface area contributed by atoms with Gasteiger partial charge in [0, 0.05) is 19.2 Å². The highest BCUT2D eigenvalue weighted by molar-refractivity contribution is 5.93. The lowest BCUT2D eigenvalue weighted by Gasteiger charge is -2.19. The predicted molar refractivity (Wildman–Crippen MR) is 72.8 cm³/mol. The van der Waals surface area contributed by atoms with E-state index in [2.05, 4.69) is 24.0 Å². The fourth-order valence-corrected chi connectivity index (χ4v) is 2.01. The van der Waals surface area contributed by atoms with E-state index in [1.807, 2.05) is 11.0 Å². The summed E-state index contributed by atoms with van der Waals surface area (Å²) in [5.74, 6) is 0.654. The van der Waals surface area contributed by atoms with E-state index in [1.54, 1.807) is 18.4 Å². The van der Waals surface area contributed by atoms with Crippen LogP contribution in [0, 0.1) is 0 Å². The van der Waals surface area contributed by atoms with Gasteiger partial charge in [0.05, 0.1) is 6.26 Å². The molecule has 0 saturated heterocycles. The molecule has 0 unspecified atom stereocenters. The number of carbonyl (C=O) groups is 1. The van der Waals surface area contributed by atoms with Crippen LogP contribution in [0.15, 0.2) is 28.9 Å². The zero-order valence-corrected chi connectivity index (χ0v) is 11.3. The number of carbonyl (C=O) groups excluding carboxylic acids is 1. The summed E-state index contributed by atoms with van der Waals surface area (Å²) in [7, 11) is 0. The fraction of sp³-hybridized carbons (Fsp3) is 0.429. The molecule has 2 aromatic heterocycles. The lowest BCUT2D eigenvalue weighted by Crippen LogP contribution is -2.32. The van der Waals surface area contributed by atoms with Gasteiger partial charge < -0.3 is 9.32 Å². The molecule has 0 spiro atoms. The van der Waals surface area contributed by atoms with Gasteiger partial charge in [-0.15, -0.1) is 0 Å². The third kappa shape index (κ3) is 3.05. The molecule has 0 fully saturated rings. The van der Waals surface area contributed by atoms with Crippen molar-refractivity contribution in [1.29, 1.82) is 0 Å². The lowest BCUT2D eigenvalue weighted by molar-refractivity contribution is 0.0749. The summed E-state index contributed by atoms with van der Waals surface area (Å²) in [5.41, 5.74) is 1.16. The van der Waals surface area contributed by atoms with Crippen molar-refractivity contribution in [3.63, 3.8) is 0 Å². The van der Waals surface area contributed by atoms with Crippen LogP contribution in [0.3, 0.4) is 0 Å². The number of nitrogens with zero attached hydrogens (tertiary/aromatic N) is 2. The van der Waals surface area contributed by atoms with Crippen LogP contribution in [0.4, 0.5) is 0 Å².